The number of amides is 1. The minimum absolute atomic E-state index is 0.0134. The summed E-state index contributed by atoms with van der Waals surface area (Å²) in [6.45, 7) is 6.35. The first-order valence-corrected chi connectivity index (χ1v) is 5.45. The Labute approximate surface area is 96.8 Å². The molecule has 0 spiro atoms. The molecule has 0 saturated heterocycles. The number of hydrogen-bond acceptors (Lipinski definition) is 2. The van der Waals surface area contributed by atoms with Gasteiger partial charge in [-0.05, 0) is 26.8 Å². The van der Waals surface area contributed by atoms with Crippen molar-refractivity contribution in [1.82, 2.24) is 5.32 Å². The predicted octanol–water partition coefficient (Wildman–Crippen LogP) is 2.11. The van der Waals surface area contributed by atoms with Crippen LogP contribution in [0.2, 0.25) is 0 Å². The molecule has 1 rings (SSSR count). The zero-order valence-corrected chi connectivity index (χ0v) is 10.3. The normalized spacial score (nSPS) is 11.0. The minimum atomic E-state index is -0.581. The van der Waals surface area contributed by atoms with Crippen molar-refractivity contribution in [1.29, 1.82) is 0 Å². The summed E-state index contributed by atoms with van der Waals surface area (Å²) < 4.78 is 5.28. The van der Waals surface area contributed by atoms with Crippen LogP contribution in [0.4, 0.5) is 0 Å². The molecule has 88 valence electrons. The van der Waals surface area contributed by atoms with E-state index >= 15 is 0 Å². The van der Waals surface area contributed by atoms with E-state index < -0.39 is 5.41 Å². The van der Waals surface area contributed by atoms with Gasteiger partial charge < -0.3 is 10.1 Å². The van der Waals surface area contributed by atoms with Crippen LogP contribution >= 0.6 is 0 Å². The number of likely N-dealkylation sites (N-methyl/N-ethyl adjacent to an activating group) is 1. The second-order valence-electron chi connectivity index (χ2n) is 4.18. The Kier molecular flexibility index (Phi) is 3.93. The van der Waals surface area contributed by atoms with E-state index in [9.17, 15) is 4.79 Å². The van der Waals surface area contributed by atoms with E-state index in [2.05, 4.69) is 5.32 Å². The maximum atomic E-state index is 12.0. The molecule has 0 aliphatic carbocycles. The Morgan fingerprint density at radius 2 is 2.00 bits per heavy atom. The Hall–Kier alpha value is -1.51. The van der Waals surface area contributed by atoms with Crippen LogP contribution in [0.5, 0.6) is 5.75 Å². The van der Waals surface area contributed by atoms with Gasteiger partial charge in [0.15, 0.2) is 0 Å². The molecule has 0 heterocycles. The molecule has 3 heteroatoms. The van der Waals surface area contributed by atoms with E-state index in [4.69, 9.17) is 4.74 Å². The number of nitrogens with one attached hydrogen (secondary N) is 1. The molecule has 16 heavy (non-hydrogen) atoms. The van der Waals surface area contributed by atoms with Crippen LogP contribution in [0.15, 0.2) is 24.3 Å². The molecule has 3 nitrogen and oxygen atoms in total. The lowest BCUT2D eigenvalue weighted by atomic mass is 9.83. The van der Waals surface area contributed by atoms with Gasteiger partial charge in [-0.2, -0.15) is 0 Å². The number of hydrogen-bond donors (Lipinski definition) is 1. The third-order valence-electron chi connectivity index (χ3n) is 2.69. The van der Waals surface area contributed by atoms with Gasteiger partial charge in [0.25, 0.3) is 0 Å². The number of carbonyl (C=O) groups excluding carboxylic acids is 1. The van der Waals surface area contributed by atoms with Gasteiger partial charge in [0.1, 0.15) is 5.75 Å². The standard InChI is InChI=1S/C13H19NO2/c1-5-14-12(15)13(2,3)10-8-6-7-9-11(10)16-4/h6-9H,5H2,1-4H3,(H,14,15). The molecule has 1 N–H and O–H groups in total. The van der Waals surface area contributed by atoms with Gasteiger partial charge in [0, 0.05) is 12.1 Å². The van der Waals surface area contributed by atoms with Crippen LogP contribution in [0.3, 0.4) is 0 Å². The molecule has 1 aromatic rings. The lowest BCUT2D eigenvalue weighted by molar-refractivity contribution is -0.125. The second kappa shape index (κ2) is 5.01. The Bertz CT molecular complexity index is 372. The number of carbonyl (C=O) groups is 1. The van der Waals surface area contributed by atoms with Crippen molar-refractivity contribution in [2.45, 2.75) is 26.2 Å². The van der Waals surface area contributed by atoms with E-state index in [1.54, 1.807) is 7.11 Å². The van der Waals surface area contributed by atoms with Crippen molar-refractivity contribution in [3.05, 3.63) is 29.8 Å². The number of benzene rings is 1. The van der Waals surface area contributed by atoms with E-state index in [0.717, 1.165) is 11.3 Å². The molecule has 0 atom stereocenters. The molecule has 0 radical (unpaired) electrons. The maximum absolute atomic E-state index is 12.0. The summed E-state index contributed by atoms with van der Waals surface area (Å²) >= 11 is 0. The third-order valence-corrected chi connectivity index (χ3v) is 2.69. The van der Waals surface area contributed by atoms with Gasteiger partial charge >= 0.3 is 0 Å². The molecule has 0 bridgehead atoms. The van der Waals surface area contributed by atoms with Crippen molar-refractivity contribution in [3.8, 4) is 5.75 Å². The van der Waals surface area contributed by atoms with E-state index in [1.807, 2.05) is 45.0 Å². The molecule has 0 aliphatic heterocycles. The van der Waals surface area contributed by atoms with Crippen molar-refractivity contribution in [2.24, 2.45) is 0 Å². The molecule has 1 amide bonds. The van der Waals surface area contributed by atoms with Crippen molar-refractivity contribution in [2.75, 3.05) is 13.7 Å². The molecular formula is C13H19NO2. The van der Waals surface area contributed by atoms with Crippen LogP contribution in [-0.4, -0.2) is 19.6 Å². The van der Waals surface area contributed by atoms with Crippen molar-refractivity contribution in [3.63, 3.8) is 0 Å². The fourth-order valence-corrected chi connectivity index (χ4v) is 1.66. The molecule has 0 aromatic heterocycles. The third kappa shape index (κ3) is 2.35. The first-order chi connectivity index (χ1) is 7.54. The minimum Gasteiger partial charge on any atom is -0.496 e. The smallest absolute Gasteiger partial charge is 0.230 e. The molecule has 0 saturated carbocycles. The molecular weight excluding hydrogens is 202 g/mol. The van der Waals surface area contributed by atoms with Gasteiger partial charge in [-0.25, -0.2) is 0 Å². The molecule has 0 aliphatic rings. The maximum Gasteiger partial charge on any atom is 0.230 e. The highest BCUT2D eigenvalue weighted by atomic mass is 16.5. The first kappa shape index (κ1) is 12.6. The average Bonchev–Trinajstić information content (AvgIpc) is 2.29. The summed E-state index contributed by atoms with van der Waals surface area (Å²) in [7, 11) is 1.62. The zero-order chi connectivity index (χ0) is 12.2. The monoisotopic (exact) mass is 221 g/mol. The lowest BCUT2D eigenvalue weighted by Gasteiger charge is -2.25. The van der Waals surface area contributed by atoms with Crippen LogP contribution in [0, 0.1) is 0 Å². The van der Waals surface area contributed by atoms with Crippen LogP contribution in [-0.2, 0) is 10.2 Å². The summed E-state index contributed by atoms with van der Waals surface area (Å²) in [4.78, 5) is 12.0. The Morgan fingerprint density at radius 1 is 1.38 bits per heavy atom. The fourth-order valence-electron chi connectivity index (χ4n) is 1.66. The van der Waals surface area contributed by atoms with E-state index in [1.165, 1.54) is 0 Å². The highest BCUT2D eigenvalue weighted by Gasteiger charge is 2.31. The van der Waals surface area contributed by atoms with Gasteiger partial charge in [-0.1, -0.05) is 18.2 Å². The molecule has 1 aromatic carbocycles. The lowest BCUT2D eigenvalue weighted by Crippen LogP contribution is -2.40. The first-order valence-electron chi connectivity index (χ1n) is 5.45. The van der Waals surface area contributed by atoms with Crippen molar-refractivity contribution < 1.29 is 9.53 Å². The van der Waals surface area contributed by atoms with E-state index in [-0.39, 0.29) is 5.91 Å². The average molecular weight is 221 g/mol. The number of para-hydroxylation sites is 1. The quantitative estimate of drug-likeness (QED) is 0.845. The number of ether oxygens (including phenoxy) is 1. The topological polar surface area (TPSA) is 38.3 Å². The molecule has 0 unspecified atom stereocenters. The second-order valence-corrected chi connectivity index (χ2v) is 4.18. The summed E-state index contributed by atoms with van der Waals surface area (Å²) in [6.07, 6.45) is 0. The Morgan fingerprint density at radius 3 is 2.56 bits per heavy atom. The van der Waals surface area contributed by atoms with Crippen molar-refractivity contribution >= 4 is 5.91 Å². The highest BCUT2D eigenvalue weighted by Crippen LogP contribution is 2.31. The van der Waals surface area contributed by atoms with Gasteiger partial charge in [-0.3, -0.25) is 4.79 Å². The fraction of sp³-hybridized carbons (Fsp3) is 0.462. The van der Waals surface area contributed by atoms with Crippen LogP contribution in [0.1, 0.15) is 26.3 Å². The van der Waals surface area contributed by atoms with Gasteiger partial charge in [-0.15, -0.1) is 0 Å². The van der Waals surface area contributed by atoms with E-state index in [0.29, 0.717) is 6.54 Å². The largest absolute Gasteiger partial charge is 0.496 e. The van der Waals surface area contributed by atoms with Crippen LogP contribution < -0.4 is 10.1 Å². The van der Waals surface area contributed by atoms with Gasteiger partial charge in [0.2, 0.25) is 5.91 Å². The highest BCUT2D eigenvalue weighted by molar-refractivity contribution is 5.88. The summed E-state index contributed by atoms with van der Waals surface area (Å²) in [5, 5.41) is 2.84. The predicted molar refractivity (Wildman–Crippen MR) is 64.7 cm³/mol. The number of rotatable bonds is 4. The summed E-state index contributed by atoms with van der Waals surface area (Å²) in [5.74, 6) is 0.762. The van der Waals surface area contributed by atoms with Gasteiger partial charge in [0.05, 0.1) is 12.5 Å². The molecule has 0 fully saturated rings. The van der Waals surface area contributed by atoms with Crippen LogP contribution in [0.25, 0.3) is 0 Å². The summed E-state index contributed by atoms with van der Waals surface area (Å²) in [5.41, 5.74) is 0.325. The summed E-state index contributed by atoms with van der Waals surface area (Å²) in [6, 6.07) is 7.61. The Balaban J connectivity index is 3.10. The zero-order valence-electron chi connectivity index (χ0n) is 10.3. The number of methoxy groups -OCH3 is 1. The SMILES string of the molecule is CCNC(=O)C(C)(C)c1ccccc1OC.